The minimum Gasteiger partial charge on any atom is -0.327 e. The normalized spacial score (nSPS) is 14.7. The van der Waals surface area contributed by atoms with Crippen molar-refractivity contribution in [2.45, 2.75) is 35.9 Å². The van der Waals surface area contributed by atoms with Crippen molar-refractivity contribution in [3.05, 3.63) is 26.6 Å². The van der Waals surface area contributed by atoms with E-state index in [1.807, 2.05) is 6.92 Å². The number of hydrogen-bond acceptors (Lipinski definition) is 6. The average molecular weight is 364 g/mol. The summed E-state index contributed by atoms with van der Waals surface area (Å²) < 4.78 is 6.42. The van der Waals surface area contributed by atoms with Crippen molar-refractivity contribution >= 4 is 50.6 Å². The highest BCUT2D eigenvalue weighted by Gasteiger charge is 2.21. The van der Waals surface area contributed by atoms with E-state index < -0.39 is 0 Å². The lowest BCUT2D eigenvalue weighted by molar-refractivity contribution is 0.729. The van der Waals surface area contributed by atoms with Gasteiger partial charge in [0.05, 0.1) is 5.25 Å². The van der Waals surface area contributed by atoms with Gasteiger partial charge < -0.3 is 5.73 Å². The van der Waals surface area contributed by atoms with Gasteiger partial charge in [-0.05, 0) is 40.5 Å². The van der Waals surface area contributed by atoms with E-state index in [1.54, 1.807) is 23.1 Å². The SMILES string of the molecule is CCc1nsc(SC(c2cc(Br)cs2)C(C)N)n1. The molecule has 0 aromatic carbocycles. The third-order valence-electron chi connectivity index (χ3n) is 2.34. The van der Waals surface area contributed by atoms with Gasteiger partial charge in [0.1, 0.15) is 5.82 Å². The molecular weight excluding hydrogens is 350 g/mol. The van der Waals surface area contributed by atoms with Gasteiger partial charge in [-0.15, -0.1) is 11.3 Å². The zero-order valence-electron chi connectivity index (χ0n) is 10.1. The topological polar surface area (TPSA) is 51.8 Å². The predicted molar refractivity (Wildman–Crippen MR) is 83.6 cm³/mol. The van der Waals surface area contributed by atoms with Gasteiger partial charge in [0, 0.05) is 27.2 Å². The number of halogens is 1. The summed E-state index contributed by atoms with van der Waals surface area (Å²) in [6.07, 6.45) is 0.879. The fourth-order valence-corrected chi connectivity index (χ4v) is 5.16. The molecular formula is C11H14BrN3S3. The predicted octanol–water partition coefficient (Wildman–Crippen LogP) is 4.11. The van der Waals surface area contributed by atoms with Crippen molar-refractivity contribution in [2.24, 2.45) is 5.73 Å². The summed E-state index contributed by atoms with van der Waals surface area (Å²) in [5, 5.41) is 2.32. The van der Waals surface area contributed by atoms with Crippen LogP contribution in [0.15, 0.2) is 20.3 Å². The molecule has 2 atom stereocenters. The van der Waals surface area contributed by atoms with Gasteiger partial charge >= 0.3 is 0 Å². The minimum absolute atomic E-state index is 0.0783. The molecule has 2 rings (SSSR count). The van der Waals surface area contributed by atoms with E-state index in [-0.39, 0.29) is 11.3 Å². The quantitative estimate of drug-likeness (QED) is 0.812. The van der Waals surface area contributed by atoms with E-state index in [1.165, 1.54) is 16.4 Å². The molecule has 2 aromatic heterocycles. The van der Waals surface area contributed by atoms with E-state index in [4.69, 9.17) is 5.73 Å². The molecule has 2 heterocycles. The van der Waals surface area contributed by atoms with Crippen LogP contribution in [0, 0.1) is 0 Å². The molecule has 0 radical (unpaired) electrons. The molecule has 0 bridgehead atoms. The second kappa shape index (κ2) is 6.47. The maximum Gasteiger partial charge on any atom is 0.170 e. The summed E-state index contributed by atoms with van der Waals surface area (Å²) in [7, 11) is 0. The Balaban J connectivity index is 2.16. The molecule has 0 amide bonds. The van der Waals surface area contributed by atoms with Crippen LogP contribution in [-0.2, 0) is 6.42 Å². The molecule has 0 aliphatic rings. The van der Waals surface area contributed by atoms with Gasteiger partial charge in [0.15, 0.2) is 4.34 Å². The molecule has 2 unspecified atom stereocenters. The molecule has 3 nitrogen and oxygen atoms in total. The summed E-state index contributed by atoms with van der Waals surface area (Å²) in [5.74, 6) is 0.915. The summed E-state index contributed by atoms with van der Waals surface area (Å²) in [4.78, 5) is 5.76. The Kier molecular flexibility index (Phi) is 5.20. The van der Waals surface area contributed by atoms with Crippen LogP contribution in [0.25, 0.3) is 0 Å². The van der Waals surface area contributed by atoms with Gasteiger partial charge in [-0.2, -0.15) is 4.37 Å². The number of thiophene rings is 1. The molecule has 7 heteroatoms. The fraction of sp³-hybridized carbons (Fsp3) is 0.455. The van der Waals surface area contributed by atoms with E-state index in [9.17, 15) is 0 Å². The monoisotopic (exact) mass is 363 g/mol. The van der Waals surface area contributed by atoms with Crippen LogP contribution in [0.3, 0.4) is 0 Å². The number of hydrogen-bond donors (Lipinski definition) is 1. The van der Waals surface area contributed by atoms with E-state index in [0.717, 1.165) is 21.1 Å². The molecule has 0 fully saturated rings. The van der Waals surface area contributed by atoms with Gasteiger partial charge in [-0.25, -0.2) is 4.98 Å². The zero-order valence-corrected chi connectivity index (χ0v) is 14.1. The van der Waals surface area contributed by atoms with E-state index in [0.29, 0.717) is 0 Å². The van der Waals surface area contributed by atoms with Gasteiger partial charge in [0.2, 0.25) is 0 Å². The van der Waals surface area contributed by atoms with Crippen molar-refractivity contribution < 1.29 is 0 Å². The Bertz CT molecular complexity index is 509. The Morgan fingerprint density at radius 2 is 2.33 bits per heavy atom. The minimum atomic E-state index is 0.0783. The number of aromatic nitrogens is 2. The lowest BCUT2D eigenvalue weighted by Crippen LogP contribution is -2.21. The van der Waals surface area contributed by atoms with Crippen LogP contribution >= 0.6 is 50.6 Å². The number of rotatable bonds is 5. The van der Waals surface area contributed by atoms with Crippen molar-refractivity contribution in [3.8, 4) is 0 Å². The first-order valence-electron chi connectivity index (χ1n) is 5.59. The zero-order chi connectivity index (χ0) is 13.1. The van der Waals surface area contributed by atoms with Crippen LogP contribution in [0.2, 0.25) is 0 Å². The largest absolute Gasteiger partial charge is 0.327 e. The molecule has 0 saturated carbocycles. The van der Waals surface area contributed by atoms with E-state index >= 15 is 0 Å². The third-order valence-corrected chi connectivity index (χ3v) is 6.56. The molecule has 0 aliphatic heterocycles. The van der Waals surface area contributed by atoms with Crippen molar-refractivity contribution in [1.82, 2.24) is 9.36 Å². The lowest BCUT2D eigenvalue weighted by atomic mass is 10.2. The Hall–Kier alpha value is 0.0500. The summed E-state index contributed by atoms with van der Waals surface area (Å²) >= 11 is 8.38. The van der Waals surface area contributed by atoms with Crippen LogP contribution in [0.4, 0.5) is 0 Å². The van der Waals surface area contributed by atoms with Gasteiger partial charge in [-0.1, -0.05) is 18.7 Å². The summed E-state index contributed by atoms with van der Waals surface area (Å²) in [6, 6.07) is 2.21. The third kappa shape index (κ3) is 3.54. The number of nitrogens with zero attached hydrogens (tertiary/aromatic N) is 2. The van der Waals surface area contributed by atoms with Crippen molar-refractivity contribution in [2.75, 3.05) is 0 Å². The van der Waals surface area contributed by atoms with E-state index in [2.05, 4.69) is 43.7 Å². The van der Waals surface area contributed by atoms with Crippen LogP contribution in [0.1, 0.15) is 29.8 Å². The molecule has 18 heavy (non-hydrogen) atoms. The van der Waals surface area contributed by atoms with Crippen molar-refractivity contribution in [3.63, 3.8) is 0 Å². The molecule has 2 aromatic rings. The number of nitrogens with two attached hydrogens (primary N) is 1. The maximum absolute atomic E-state index is 6.09. The highest BCUT2D eigenvalue weighted by atomic mass is 79.9. The Morgan fingerprint density at radius 3 is 2.83 bits per heavy atom. The molecule has 2 N–H and O–H groups in total. The standard InChI is InChI=1S/C11H14BrN3S3/c1-3-9-14-11(18-15-9)17-10(6(2)13)8-4-7(12)5-16-8/h4-6,10H,3,13H2,1-2H3. The molecule has 0 spiro atoms. The smallest absolute Gasteiger partial charge is 0.170 e. The number of aryl methyl sites for hydroxylation is 1. The first-order valence-corrected chi connectivity index (χ1v) is 8.91. The van der Waals surface area contributed by atoms with Gasteiger partial charge in [0.25, 0.3) is 0 Å². The van der Waals surface area contributed by atoms with Crippen LogP contribution in [0.5, 0.6) is 0 Å². The van der Waals surface area contributed by atoms with Crippen molar-refractivity contribution in [1.29, 1.82) is 0 Å². The summed E-state index contributed by atoms with van der Waals surface area (Å²) in [5.41, 5.74) is 6.09. The molecule has 0 aliphatic carbocycles. The highest BCUT2D eigenvalue weighted by molar-refractivity contribution is 9.10. The van der Waals surface area contributed by atoms with Crippen LogP contribution < -0.4 is 5.73 Å². The lowest BCUT2D eigenvalue weighted by Gasteiger charge is -2.17. The maximum atomic E-state index is 6.09. The molecule has 0 saturated heterocycles. The summed E-state index contributed by atoms with van der Waals surface area (Å²) in [6.45, 7) is 4.10. The highest BCUT2D eigenvalue weighted by Crippen LogP contribution is 2.41. The Morgan fingerprint density at radius 1 is 1.56 bits per heavy atom. The number of thioether (sulfide) groups is 1. The second-order valence-corrected chi connectivity index (χ2v) is 7.89. The first kappa shape index (κ1) is 14.5. The van der Waals surface area contributed by atoms with Crippen LogP contribution in [-0.4, -0.2) is 15.4 Å². The first-order chi connectivity index (χ1) is 8.60. The fourth-order valence-electron chi connectivity index (χ4n) is 1.44. The molecule has 98 valence electrons. The Labute approximate surface area is 128 Å². The second-order valence-electron chi connectivity index (χ2n) is 3.89. The average Bonchev–Trinajstić information content (AvgIpc) is 2.94. The van der Waals surface area contributed by atoms with Gasteiger partial charge in [-0.3, -0.25) is 0 Å².